The minimum Gasteiger partial charge on any atom is -0.383 e. The normalized spacial score (nSPS) is 20.2. The van der Waals surface area contributed by atoms with E-state index in [4.69, 9.17) is 11.5 Å². The van der Waals surface area contributed by atoms with E-state index in [1.807, 2.05) is 0 Å². The van der Waals surface area contributed by atoms with Crippen LogP contribution in [0.2, 0.25) is 0 Å². The summed E-state index contributed by atoms with van der Waals surface area (Å²) in [6, 6.07) is 4.92. The van der Waals surface area contributed by atoms with Gasteiger partial charge in [-0.05, 0) is 28.4 Å². The molecule has 0 bridgehead atoms. The molecule has 2 heterocycles. The minimum absolute atomic E-state index is 0.107. The quantitative estimate of drug-likeness (QED) is 0.829. The van der Waals surface area contributed by atoms with Crippen LogP contribution in [0, 0.1) is 0 Å². The summed E-state index contributed by atoms with van der Waals surface area (Å²) in [4.78, 5) is 4.27. The van der Waals surface area contributed by atoms with Crippen LogP contribution in [-0.4, -0.2) is 36.8 Å². The maximum absolute atomic E-state index is 12.8. The van der Waals surface area contributed by atoms with Crippen molar-refractivity contribution in [3.8, 4) is 0 Å². The molecule has 0 amide bonds. The smallest absolute Gasteiger partial charge is 0.243 e. The van der Waals surface area contributed by atoms with Crippen molar-refractivity contribution in [2.75, 3.05) is 18.8 Å². The summed E-state index contributed by atoms with van der Waals surface area (Å²) in [5, 5.41) is 1.18. The van der Waals surface area contributed by atoms with Crippen molar-refractivity contribution in [3.63, 3.8) is 0 Å². The molecule has 8 heteroatoms. The number of benzene rings is 1. The largest absolute Gasteiger partial charge is 0.383 e. The first-order chi connectivity index (χ1) is 9.91. The molecule has 1 aromatic carbocycles. The van der Waals surface area contributed by atoms with Gasteiger partial charge in [-0.3, -0.25) is 0 Å². The fraction of sp³-hybridized carbons (Fsp3) is 0.308. The second kappa shape index (κ2) is 5.20. The zero-order chi connectivity index (χ0) is 15.2. The third-order valence-corrected chi connectivity index (χ3v) is 6.17. The van der Waals surface area contributed by atoms with Crippen molar-refractivity contribution >= 4 is 42.5 Å². The Kier molecular flexibility index (Phi) is 3.64. The number of hydrogen-bond acceptors (Lipinski definition) is 5. The van der Waals surface area contributed by atoms with Crippen molar-refractivity contribution in [1.82, 2.24) is 9.29 Å². The van der Waals surface area contributed by atoms with Crippen LogP contribution < -0.4 is 11.5 Å². The van der Waals surface area contributed by atoms with Gasteiger partial charge in [0.1, 0.15) is 5.82 Å². The number of halogens is 1. The fourth-order valence-electron chi connectivity index (χ4n) is 2.58. The van der Waals surface area contributed by atoms with Crippen molar-refractivity contribution in [1.29, 1.82) is 0 Å². The first kappa shape index (κ1) is 14.7. The molecular formula is C13H15BrN4O2S. The predicted molar refractivity (Wildman–Crippen MR) is 85.2 cm³/mol. The molecule has 1 saturated heterocycles. The van der Waals surface area contributed by atoms with E-state index in [-0.39, 0.29) is 10.9 Å². The van der Waals surface area contributed by atoms with Crippen molar-refractivity contribution in [2.24, 2.45) is 5.73 Å². The van der Waals surface area contributed by atoms with Gasteiger partial charge in [0.2, 0.25) is 10.0 Å². The Balaban J connectivity index is 2.23. The highest BCUT2D eigenvalue weighted by Gasteiger charge is 2.32. The van der Waals surface area contributed by atoms with Crippen molar-refractivity contribution in [2.45, 2.75) is 17.4 Å². The van der Waals surface area contributed by atoms with Gasteiger partial charge in [-0.25, -0.2) is 13.4 Å². The van der Waals surface area contributed by atoms with Gasteiger partial charge in [0, 0.05) is 40.6 Å². The summed E-state index contributed by atoms with van der Waals surface area (Å²) < 4.78 is 27.7. The summed E-state index contributed by atoms with van der Waals surface area (Å²) in [5.74, 6) is 0.309. The third-order valence-electron chi connectivity index (χ3n) is 3.66. The van der Waals surface area contributed by atoms with Gasteiger partial charge in [0.25, 0.3) is 0 Å². The van der Waals surface area contributed by atoms with Crippen LogP contribution in [0.25, 0.3) is 10.8 Å². The second-order valence-corrected chi connectivity index (χ2v) is 7.84. The van der Waals surface area contributed by atoms with E-state index < -0.39 is 10.0 Å². The van der Waals surface area contributed by atoms with Gasteiger partial charge in [-0.2, -0.15) is 4.31 Å². The maximum atomic E-state index is 12.8. The van der Waals surface area contributed by atoms with Gasteiger partial charge in [-0.1, -0.05) is 12.1 Å². The molecule has 0 aliphatic carbocycles. The number of nitrogen functional groups attached to an aromatic ring is 1. The van der Waals surface area contributed by atoms with Gasteiger partial charge < -0.3 is 11.5 Å². The molecular weight excluding hydrogens is 356 g/mol. The number of aromatic nitrogens is 1. The molecule has 3 rings (SSSR count). The van der Waals surface area contributed by atoms with Gasteiger partial charge in [0.15, 0.2) is 0 Å². The summed E-state index contributed by atoms with van der Waals surface area (Å²) >= 11 is 3.37. The second-order valence-electron chi connectivity index (χ2n) is 5.08. The SMILES string of the molecule is Nc1ncc(Br)c2c(S(=O)(=O)N3CC[C@H](N)C3)cccc12. The number of rotatable bonds is 2. The lowest BCUT2D eigenvalue weighted by Crippen LogP contribution is -2.32. The first-order valence-corrected chi connectivity index (χ1v) is 8.73. The van der Waals surface area contributed by atoms with Crippen LogP contribution in [0.5, 0.6) is 0 Å². The minimum atomic E-state index is -3.60. The molecule has 6 nitrogen and oxygen atoms in total. The summed E-state index contributed by atoms with van der Waals surface area (Å²) in [7, 11) is -3.60. The molecule has 0 spiro atoms. The topological polar surface area (TPSA) is 102 Å². The molecule has 1 atom stereocenters. The number of pyridine rings is 1. The van der Waals surface area contributed by atoms with Crippen LogP contribution in [0.4, 0.5) is 5.82 Å². The monoisotopic (exact) mass is 370 g/mol. The molecule has 1 aliphatic heterocycles. The molecule has 0 unspecified atom stereocenters. The standard InChI is InChI=1S/C13H15BrN4O2S/c14-10-6-17-13(16)9-2-1-3-11(12(9)10)21(19,20)18-5-4-8(15)7-18/h1-3,6,8H,4-5,7,15H2,(H2,16,17)/t8-/m0/s1. The van der Waals surface area contributed by atoms with Crippen LogP contribution >= 0.6 is 15.9 Å². The zero-order valence-corrected chi connectivity index (χ0v) is 13.6. The molecule has 4 N–H and O–H groups in total. The number of anilines is 1. The Morgan fingerprint density at radius 2 is 2.14 bits per heavy atom. The number of fused-ring (bicyclic) bond motifs is 1. The van der Waals surface area contributed by atoms with Crippen molar-refractivity contribution < 1.29 is 8.42 Å². The van der Waals surface area contributed by atoms with Crippen LogP contribution in [0.3, 0.4) is 0 Å². The highest BCUT2D eigenvalue weighted by Crippen LogP contribution is 2.34. The number of nitrogens with zero attached hydrogens (tertiary/aromatic N) is 2. The Morgan fingerprint density at radius 3 is 2.81 bits per heavy atom. The van der Waals surface area contributed by atoms with E-state index in [9.17, 15) is 8.42 Å². The van der Waals surface area contributed by atoms with Crippen LogP contribution in [0.15, 0.2) is 33.8 Å². The maximum Gasteiger partial charge on any atom is 0.243 e. The fourth-order valence-corrected chi connectivity index (χ4v) is 4.98. The van der Waals surface area contributed by atoms with Gasteiger partial charge in [0.05, 0.1) is 4.90 Å². The van der Waals surface area contributed by atoms with Gasteiger partial charge >= 0.3 is 0 Å². The Hall–Kier alpha value is -1.22. The Bertz CT molecular complexity index is 809. The zero-order valence-electron chi connectivity index (χ0n) is 11.2. The van der Waals surface area contributed by atoms with E-state index in [0.29, 0.717) is 40.6 Å². The first-order valence-electron chi connectivity index (χ1n) is 6.49. The Morgan fingerprint density at radius 1 is 1.38 bits per heavy atom. The van der Waals surface area contributed by atoms with Gasteiger partial charge in [-0.15, -0.1) is 0 Å². The number of hydrogen-bond donors (Lipinski definition) is 2. The summed E-state index contributed by atoms with van der Waals surface area (Å²) in [5.41, 5.74) is 11.7. The third kappa shape index (κ3) is 2.42. The molecule has 112 valence electrons. The number of sulfonamides is 1. The Labute approximate surface area is 131 Å². The average molecular weight is 371 g/mol. The van der Waals surface area contributed by atoms with Crippen molar-refractivity contribution in [3.05, 3.63) is 28.9 Å². The molecule has 1 aromatic heterocycles. The highest BCUT2D eigenvalue weighted by atomic mass is 79.9. The molecule has 1 aliphatic rings. The van der Waals surface area contributed by atoms with E-state index >= 15 is 0 Å². The predicted octanol–water partition coefficient (Wildman–Crippen LogP) is 1.30. The molecule has 0 radical (unpaired) electrons. The lowest BCUT2D eigenvalue weighted by atomic mass is 10.1. The van der Waals surface area contributed by atoms with E-state index in [1.165, 1.54) is 10.5 Å². The van der Waals surface area contributed by atoms with E-state index in [2.05, 4.69) is 20.9 Å². The van der Waals surface area contributed by atoms with Crippen LogP contribution in [-0.2, 0) is 10.0 Å². The average Bonchev–Trinajstić information content (AvgIpc) is 2.90. The molecule has 1 fully saturated rings. The summed E-state index contributed by atoms with van der Waals surface area (Å²) in [6.45, 7) is 0.787. The lowest BCUT2D eigenvalue weighted by Gasteiger charge is -2.18. The lowest BCUT2D eigenvalue weighted by molar-refractivity contribution is 0.473. The molecule has 0 saturated carbocycles. The van der Waals surface area contributed by atoms with E-state index in [0.717, 1.165) is 0 Å². The highest BCUT2D eigenvalue weighted by molar-refractivity contribution is 9.10. The number of nitrogens with two attached hydrogens (primary N) is 2. The van der Waals surface area contributed by atoms with Crippen LogP contribution in [0.1, 0.15) is 6.42 Å². The molecule has 2 aromatic rings. The molecule has 21 heavy (non-hydrogen) atoms. The van der Waals surface area contributed by atoms with E-state index in [1.54, 1.807) is 18.2 Å². The summed E-state index contributed by atoms with van der Waals surface area (Å²) in [6.07, 6.45) is 2.20.